The molecule has 0 aliphatic heterocycles. The van der Waals surface area contributed by atoms with E-state index >= 15 is 0 Å². The molecule has 0 aromatic carbocycles. The molecule has 0 unspecified atom stereocenters. The summed E-state index contributed by atoms with van der Waals surface area (Å²) >= 11 is 0. The minimum Gasteiger partial charge on any atom is -0.344 e. The van der Waals surface area contributed by atoms with Crippen molar-refractivity contribution in [2.24, 2.45) is 0 Å². The van der Waals surface area contributed by atoms with E-state index in [1.54, 1.807) is 0 Å². The summed E-state index contributed by atoms with van der Waals surface area (Å²) in [5, 5.41) is 0. The maximum atomic E-state index is 3.73. The summed E-state index contributed by atoms with van der Waals surface area (Å²) in [6, 6.07) is 0. The second kappa shape index (κ2) is 4.07. The fraction of sp³-hybridized carbons (Fsp3) is 0.333. The molecule has 3 N–H and O–H groups in total. The molecular weight excluding hydrogens is 122 g/mol. The molecule has 0 fully saturated rings. The third-order valence-electron chi connectivity index (χ3n) is 1.66. The van der Waals surface area contributed by atoms with Crippen LogP contribution in [0.1, 0.15) is 19.8 Å². The zero-order valence-electron chi connectivity index (χ0n) is 6.56. The van der Waals surface area contributed by atoms with Crippen molar-refractivity contribution in [2.75, 3.05) is 0 Å². The Morgan fingerprint density at radius 1 is 1.40 bits per heavy atom. The zero-order chi connectivity index (χ0) is 6.69. The van der Waals surface area contributed by atoms with Crippen LogP contribution in [0.3, 0.4) is 0 Å². The smallest absolute Gasteiger partial charge is 0.0276 e. The number of rotatable bonds is 1. The second-order valence-corrected chi connectivity index (χ2v) is 2.33. The van der Waals surface area contributed by atoms with Crippen LogP contribution in [0.5, 0.6) is 0 Å². The molecule has 0 bridgehead atoms. The van der Waals surface area contributed by atoms with Crippen molar-refractivity contribution in [3.63, 3.8) is 0 Å². The van der Waals surface area contributed by atoms with Crippen LogP contribution in [-0.2, 0) is 0 Å². The van der Waals surface area contributed by atoms with Gasteiger partial charge in [0.2, 0.25) is 0 Å². The molecule has 1 heteroatoms. The molecule has 1 nitrogen and oxygen atoms in total. The molecular formula is C9H15N. The van der Waals surface area contributed by atoms with Crippen molar-refractivity contribution in [2.45, 2.75) is 19.8 Å². The maximum Gasteiger partial charge on any atom is -0.0276 e. The first-order valence-electron chi connectivity index (χ1n) is 3.34. The van der Waals surface area contributed by atoms with Gasteiger partial charge < -0.3 is 6.15 Å². The monoisotopic (exact) mass is 137 g/mol. The molecule has 0 atom stereocenters. The van der Waals surface area contributed by atoms with Crippen LogP contribution >= 0.6 is 0 Å². The van der Waals surface area contributed by atoms with E-state index in [0.29, 0.717) is 0 Å². The van der Waals surface area contributed by atoms with E-state index in [1.807, 2.05) is 6.08 Å². The maximum absolute atomic E-state index is 3.73. The van der Waals surface area contributed by atoms with Crippen LogP contribution in [-0.4, -0.2) is 0 Å². The highest BCUT2D eigenvalue weighted by atomic mass is 14.0. The molecule has 1 aliphatic carbocycles. The lowest BCUT2D eigenvalue weighted by Crippen LogP contribution is -1.86. The molecule has 0 aromatic heterocycles. The van der Waals surface area contributed by atoms with Crippen molar-refractivity contribution in [3.8, 4) is 0 Å². The summed E-state index contributed by atoms with van der Waals surface area (Å²) in [5.41, 5.74) is 2.68. The van der Waals surface area contributed by atoms with Gasteiger partial charge in [-0.3, -0.25) is 0 Å². The summed E-state index contributed by atoms with van der Waals surface area (Å²) in [6.45, 7) is 5.86. The third-order valence-corrected chi connectivity index (χ3v) is 1.66. The molecule has 0 radical (unpaired) electrons. The highest BCUT2D eigenvalue weighted by molar-refractivity contribution is 5.39. The molecule has 0 saturated heterocycles. The lowest BCUT2D eigenvalue weighted by atomic mass is 10.00. The molecule has 1 aliphatic rings. The summed E-state index contributed by atoms with van der Waals surface area (Å²) in [6.07, 6.45) is 8.80. The quantitative estimate of drug-likeness (QED) is 0.592. The Labute approximate surface area is 62.7 Å². The van der Waals surface area contributed by atoms with Gasteiger partial charge in [0.05, 0.1) is 0 Å². The van der Waals surface area contributed by atoms with Gasteiger partial charge in [-0.2, -0.15) is 0 Å². The topological polar surface area (TPSA) is 35.0 Å². The Balaban J connectivity index is 0.000000810. The van der Waals surface area contributed by atoms with Crippen LogP contribution < -0.4 is 6.15 Å². The number of hydrogen-bond acceptors (Lipinski definition) is 1. The zero-order valence-corrected chi connectivity index (χ0v) is 6.56. The van der Waals surface area contributed by atoms with E-state index in [-0.39, 0.29) is 6.15 Å². The highest BCUT2D eigenvalue weighted by Gasteiger charge is 1.97. The van der Waals surface area contributed by atoms with E-state index in [9.17, 15) is 0 Å². The van der Waals surface area contributed by atoms with E-state index in [4.69, 9.17) is 0 Å². The van der Waals surface area contributed by atoms with E-state index in [2.05, 4.69) is 25.7 Å². The van der Waals surface area contributed by atoms with Gasteiger partial charge in [0, 0.05) is 0 Å². The fourth-order valence-electron chi connectivity index (χ4n) is 1.06. The predicted octanol–water partition coefficient (Wildman–Crippen LogP) is 3.00. The normalized spacial score (nSPS) is 16.5. The first-order chi connectivity index (χ1) is 4.34. The van der Waals surface area contributed by atoms with E-state index in [1.165, 1.54) is 24.0 Å². The molecule has 0 heterocycles. The Morgan fingerprint density at radius 3 is 2.40 bits per heavy atom. The molecule has 56 valence electrons. The average molecular weight is 137 g/mol. The van der Waals surface area contributed by atoms with Crippen LogP contribution in [0.4, 0.5) is 0 Å². The first-order valence-corrected chi connectivity index (χ1v) is 3.34. The Hall–Kier alpha value is -0.820. The first kappa shape index (κ1) is 9.18. The van der Waals surface area contributed by atoms with E-state index < -0.39 is 0 Å². The van der Waals surface area contributed by atoms with Crippen LogP contribution in [0.25, 0.3) is 0 Å². The summed E-state index contributed by atoms with van der Waals surface area (Å²) in [7, 11) is 0. The van der Waals surface area contributed by atoms with Crippen molar-refractivity contribution in [1.29, 1.82) is 0 Å². The Bertz CT molecular complexity index is 175. The second-order valence-electron chi connectivity index (χ2n) is 2.33. The van der Waals surface area contributed by atoms with Crippen molar-refractivity contribution < 1.29 is 0 Å². The SMILES string of the molecule is C=CC1=CCCC=C1C.N. The summed E-state index contributed by atoms with van der Waals surface area (Å²) in [5.74, 6) is 0. The van der Waals surface area contributed by atoms with Gasteiger partial charge in [-0.15, -0.1) is 0 Å². The lowest BCUT2D eigenvalue weighted by molar-refractivity contribution is 1.00. The number of hydrogen-bond donors (Lipinski definition) is 1. The van der Waals surface area contributed by atoms with Crippen molar-refractivity contribution in [1.82, 2.24) is 6.15 Å². The average Bonchev–Trinajstić information content (AvgIpc) is 1.89. The third kappa shape index (κ3) is 1.85. The Morgan fingerprint density at radius 2 is 2.00 bits per heavy atom. The van der Waals surface area contributed by atoms with Gasteiger partial charge in [0.25, 0.3) is 0 Å². The van der Waals surface area contributed by atoms with E-state index in [0.717, 1.165) is 0 Å². The Kier molecular flexibility index (Phi) is 3.74. The predicted molar refractivity (Wildman–Crippen MR) is 46.3 cm³/mol. The molecule has 10 heavy (non-hydrogen) atoms. The largest absolute Gasteiger partial charge is 0.344 e. The molecule has 0 saturated carbocycles. The van der Waals surface area contributed by atoms with Gasteiger partial charge in [-0.05, 0) is 30.9 Å². The van der Waals surface area contributed by atoms with Gasteiger partial charge in [0.1, 0.15) is 0 Å². The lowest BCUT2D eigenvalue weighted by Gasteiger charge is -2.06. The van der Waals surface area contributed by atoms with Crippen LogP contribution in [0, 0.1) is 0 Å². The standard InChI is InChI=1S/C9H12.H3N/c1-3-9-7-5-4-6-8(9)2;/h3,6-7H,1,4-5H2,2H3;1H3. The van der Waals surface area contributed by atoms with Crippen molar-refractivity contribution in [3.05, 3.63) is 36.0 Å². The fourth-order valence-corrected chi connectivity index (χ4v) is 1.06. The minimum atomic E-state index is 0. The van der Waals surface area contributed by atoms with Gasteiger partial charge >= 0.3 is 0 Å². The van der Waals surface area contributed by atoms with Gasteiger partial charge in [-0.25, -0.2) is 0 Å². The van der Waals surface area contributed by atoms with Crippen LogP contribution in [0.15, 0.2) is 36.0 Å². The van der Waals surface area contributed by atoms with Gasteiger partial charge in [0.15, 0.2) is 0 Å². The summed E-state index contributed by atoms with van der Waals surface area (Å²) in [4.78, 5) is 0. The number of allylic oxidation sites excluding steroid dienone is 5. The highest BCUT2D eigenvalue weighted by Crippen LogP contribution is 2.17. The van der Waals surface area contributed by atoms with Crippen LogP contribution in [0.2, 0.25) is 0 Å². The minimum absolute atomic E-state index is 0. The molecule has 1 rings (SSSR count). The molecule has 0 aromatic rings. The molecule has 0 amide bonds. The van der Waals surface area contributed by atoms with Crippen molar-refractivity contribution >= 4 is 0 Å². The molecule has 0 spiro atoms. The van der Waals surface area contributed by atoms with Gasteiger partial charge in [-0.1, -0.05) is 24.8 Å². The summed E-state index contributed by atoms with van der Waals surface area (Å²) < 4.78 is 0.